The predicted molar refractivity (Wildman–Crippen MR) is 72.1 cm³/mol. The van der Waals surface area contributed by atoms with E-state index >= 15 is 0 Å². The van der Waals surface area contributed by atoms with Crippen LogP contribution in [0, 0.1) is 5.41 Å². The fourth-order valence-electron chi connectivity index (χ4n) is 3.12. The van der Waals surface area contributed by atoms with Gasteiger partial charge in [-0.2, -0.15) is 0 Å². The van der Waals surface area contributed by atoms with Gasteiger partial charge in [0.15, 0.2) is 0 Å². The van der Waals surface area contributed by atoms with E-state index < -0.39 is 29.2 Å². The third kappa shape index (κ3) is 3.06. The lowest BCUT2D eigenvalue weighted by atomic mass is 9.71. The maximum Gasteiger partial charge on any atom is 0.310 e. The molecular formula is C14H20N2O5. The molecule has 0 aromatic rings. The number of hydrogen-bond acceptors (Lipinski definition) is 4. The van der Waals surface area contributed by atoms with Crippen molar-refractivity contribution in [2.24, 2.45) is 5.41 Å². The van der Waals surface area contributed by atoms with Crippen LogP contribution in [-0.4, -0.2) is 46.8 Å². The lowest BCUT2D eigenvalue weighted by Gasteiger charge is -2.32. The molecule has 21 heavy (non-hydrogen) atoms. The van der Waals surface area contributed by atoms with Gasteiger partial charge in [-0.15, -0.1) is 0 Å². The Hall–Kier alpha value is -1.92. The van der Waals surface area contributed by atoms with E-state index in [2.05, 4.69) is 5.32 Å². The average molecular weight is 296 g/mol. The molecule has 0 radical (unpaired) electrons. The molecule has 1 saturated heterocycles. The van der Waals surface area contributed by atoms with Crippen LogP contribution < -0.4 is 5.32 Å². The number of hydrogen-bond donors (Lipinski definition) is 2. The summed E-state index contributed by atoms with van der Waals surface area (Å²) in [5.41, 5.74) is -1.03. The standard InChI is InChI=1S/C14H20N2O5/c1-16-11(18)7-9(12(16)19)15-10(17)8-14(13(20)21)5-3-2-4-6-14/h9H,2-8H2,1H3,(H,15,17)(H,20,21). The lowest BCUT2D eigenvalue weighted by molar-refractivity contribution is -0.154. The number of imide groups is 1. The van der Waals surface area contributed by atoms with E-state index in [1.807, 2.05) is 0 Å². The first-order chi connectivity index (χ1) is 9.85. The number of aliphatic carboxylic acids is 1. The molecule has 2 N–H and O–H groups in total. The summed E-state index contributed by atoms with van der Waals surface area (Å²) in [5.74, 6) is -2.21. The summed E-state index contributed by atoms with van der Waals surface area (Å²) in [6.07, 6.45) is 3.34. The van der Waals surface area contributed by atoms with Crippen LogP contribution in [0.15, 0.2) is 0 Å². The topological polar surface area (TPSA) is 104 Å². The molecule has 2 aliphatic rings. The Labute approximate surface area is 122 Å². The van der Waals surface area contributed by atoms with E-state index in [1.54, 1.807) is 0 Å². The van der Waals surface area contributed by atoms with Gasteiger partial charge in [-0.25, -0.2) is 0 Å². The zero-order valence-corrected chi connectivity index (χ0v) is 12.1. The lowest BCUT2D eigenvalue weighted by Crippen LogP contribution is -2.44. The molecule has 1 aliphatic carbocycles. The average Bonchev–Trinajstić information content (AvgIpc) is 2.67. The first kappa shape index (κ1) is 15.5. The highest BCUT2D eigenvalue weighted by molar-refractivity contribution is 6.06. The third-order valence-corrected chi connectivity index (χ3v) is 4.48. The van der Waals surface area contributed by atoms with Crippen molar-refractivity contribution in [3.63, 3.8) is 0 Å². The van der Waals surface area contributed by atoms with Gasteiger partial charge >= 0.3 is 5.97 Å². The van der Waals surface area contributed by atoms with Crippen LogP contribution in [0.5, 0.6) is 0 Å². The minimum absolute atomic E-state index is 0.0544. The molecule has 1 unspecified atom stereocenters. The van der Waals surface area contributed by atoms with Crippen molar-refractivity contribution in [2.45, 2.75) is 51.0 Å². The Morgan fingerprint density at radius 2 is 1.90 bits per heavy atom. The molecule has 2 fully saturated rings. The highest BCUT2D eigenvalue weighted by Crippen LogP contribution is 2.39. The second-order valence-electron chi connectivity index (χ2n) is 5.94. The number of amides is 3. The second kappa shape index (κ2) is 5.83. The van der Waals surface area contributed by atoms with Crippen LogP contribution in [0.4, 0.5) is 0 Å². The van der Waals surface area contributed by atoms with Gasteiger partial charge in [0.1, 0.15) is 6.04 Å². The third-order valence-electron chi connectivity index (χ3n) is 4.48. The number of carbonyl (C=O) groups is 4. The normalized spacial score (nSPS) is 25.0. The summed E-state index contributed by atoms with van der Waals surface area (Å²) in [4.78, 5) is 47.7. The van der Waals surface area contributed by atoms with Crippen molar-refractivity contribution in [2.75, 3.05) is 7.05 Å². The summed E-state index contributed by atoms with van der Waals surface area (Å²) < 4.78 is 0. The van der Waals surface area contributed by atoms with Crippen LogP contribution in [0.3, 0.4) is 0 Å². The molecule has 1 saturated carbocycles. The Balaban J connectivity index is 1.99. The van der Waals surface area contributed by atoms with Crippen molar-refractivity contribution in [3.8, 4) is 0 Å². The summed E-state index contributed by atoms with van der Waals surface area (Å²) in [6.45, 7) is 0. The molecule has 116 valence electrons. The van der Waals surface area contributed by atoms with Gasteiger partial charge in [0.05, 0.1) is 11.8 Å². The Morgan fingerprint density at radius 3 is 2.38 bits per heavy atom. The molecule has 0 aromatic heterocycles. The molecule has 1 atom stereocenters. The van der Waals surface area contributed by atoms with Crippen LogP contribution in [-0.2, 0) is 19.2 Å². The van der Waals surface area contributed by atoms with Crippen LogP contribution >= 0.6 is 0 Å². The molecule has 1 heterocycles. The van der Waals surface area contributed by atoms with Crippen molar-refractivity contribution >= 4 is 23.7 Å². The molecular weight excluding hydrogens is 276 g/mol. The quantitative estimate of drug-likeness (QED) is 0.725. The van der Waals surface area contributed by atoms with E-state index in [0.717, 1.165) is 24.2 Å². The Bertz CT molecular complexity index is 482. The molecule has 2 rings (SSSR count). The maximum absolute atomic E-state index is 12.1. The number of carboxylic acid groups (broad SMARTS) is 1. The largest absolute Gasteiger partial charge is 0.481 e. The van der Waals surface area contributed by atoms with Crippen molar-refractivity contribution in [1.82, 2.24) is 10.2 Å². The fourth-order valence-corrected chi connectivity index (χ4v) is 3.12. The van der Waals surface area contributed by atoms with E-state index in [9.17, 15) is 24.3 Å². The summed E-state index contributed by atoms with van der Waals surface area (Å²) >= 11 is 0. The van der Waals surface area contributed by atoms with Crippen molar-refractivity contribution < 1.29 is 24.3 Å². The zero-order chi connectivity index (χ0) is 15.6. The first-order valence-corrected chi connectivity index (χ1v) is 7.19. The summed E-state index contributed by atoms with van der Waals surface area (Å²) in [5, 5.41) is 11.9. The number of likely N-dealkylation sites (tertiary alicyclic amines) is 1. The molecule has 7 nitrogen and oxygen atoms in total. The van der Waals surface area contributed by atoms with Gasteiger partial charge in [-0.1, -0.05) is 19.3 Å². The van der Waals surface area contributed by atoms with E-state index in [0.29, 0.717) is 12.8 Å². The molecule has 7 heteroatoms. The number of carbonyl (C=O) groups excluding carboxylic acids is 3. The molecule has 1 aliphatic heterocycles. The highest BCUT2D eigenvalue weighted by Gasteiger charge is 2.43. The summed E-state index contributed by atoms with van der Waals surface area (Å²) in [6, 6.07) is -0.857. The molecule has 0 spiro atoms. The van der Waals surface area contributed by atoms with Gasteiger partial charge in [-0.3, -0.25) is 24.1 Å². The van der Waals surface area contributed by atoms with E-state index in [-0.39, 0.29) is 18.7 Å². The maximum atomic E-state index is 12.1. The van der Waals surface area contributed by atoms with Crippen molar-refractivity contribution in [1.29, 1.82) is 0 Å². The zero-order valence-electron chi connectivity index (χ0n) is 12.1. The smallest absolute Gasteiger partial charge is 0.310 e. The molecule has 3 amide bonds. The van der Waals surface area contributed by atoms with Gasteiger partial charge in [0.25, 0.3) is 5.91 Å². The van der Waals surface area contributed by atoms with Crippen LogP contribution in [0.1, 0.15) is 44.9 Å². The summed E-state index contributed by atoms with van der Waals surface area (Å²) in [7, 11) is 1.37. The van der Waals surface area contributed by atoms with Gasteiger partial charge < -0.3 is 10.4 Å². The number of nitrogens with one attached hydrogen (secondary N) is 1. The number of nitrogens with zero attached hydrogens (tertiary/aromatic N) is 1. The van der Waals surface area contributed by atoms with Gasteiger partial charge in [0, 0.05) is 13.5 Å². The number of likely N-dealkylation sites (N-methyl/N-ethyl adjacent to an activating group) is 1. The van der Waals surface area contributed by atoms with E-state index in [1.165, 1.54) is 7.05 Å². The Morgan fingerprint density at radius 1 is 1.29 bits per heavy atom. The van der Waals surface area contributed by atoms with E-state index in [4.69, 9.17) is 0 Å². The highest BCUT2D eigenvalue weighted by atomic mass is 16.4. The minimum atomic E-state index is -1.03. The monoisotopic (exact) mass is 296 g/mol. The second-order valence-corrected chi connectivity index (χ2v) is 5.94. The van der Waals surface area contributed by atoms with Crippen LogP contribution in [0.2, 0.25) is 0 Å². The minimum Gasteiger partial charge on any atom is -0.481 e. The molecule has 0 bridgehead atoms. The number of rotatable bonds is 4. The number of carboxylic acids is 1. The van der Waals surface area contributed by atoms with Crippen LogP contribution in [0.25, 0.3) is 0 Å². The van der Waals surface area contributed by atoms with Gasteiger partial charge in [0.2, 0.25) is 11.8 Å². The fraction of sp³-hybridized carbons (Fsp3) is 0.714. The van der Waals surface area contributed by atoms with Crippen molar-refractivity contribution in [3.05, 3.63) is 0 Å². The Kier molecular flexibility index (Phi) is 4.29. The SMILES string of the molecule is CN1C(=O)CC(NC(=O)CC2(C(=O)O)CCCCC2)C1=O. The first-order valence-electron chi connectivity index (χ1n) is 7.19. The van der Waals surface area contributed by atoms with Gasteiger partial charge in [-0.05, 0) is 12.8 Å². The predicted octanol–water partition coefficient (Wildman–Crippen LogP) is 0.285. The molecule has 0 aromatic carbocycles.